The number of nitrogens with two attached hydrogens (primary N) is 2. The summed E-state index contributed by atoms with van der Waals surface area (Å²) in [5, 5.41) is 14.2. The van der Waals surface area contributed by atoms with Gasteiger partial charge in [-0.25, -0.2) is 0 Å². The van der Waals surface area contributed by atoms with Crippen molar-refractivity contribution in [3.63, 3.8) is 0 Å². The number of carbonyl (C=O) groups excluding carboxylic acids is 1. The summed E-state index contributed by atoms with van der Waals surface area (Å²) in [5.74, 6) is -0.241. The number of nitrogens with one attached hydrogen (secondary N) is 1. The van der Waals surface area contributed by atoms with Crippen LogP contribution in [0.3, 0.4) is 0 Å². The minimum absolute atomic E-state index is 0.0651. The van der Waals surface area contributed by atoms with Crippen LogP contribution in [0.5, 0.6) is 5.75 Å². The zero-order valence-corrected chi connectivity index (χ0v) is 12.8. The molecule has 1 aromatic rings. The monoisotopic (exact) mass is 303 g/mol. The van der Waals surface area contributed by atoms with Gasteiger partial charge in [-0.1, -0.05) is 12.1 Å². The van der Waals surface area contributed by atoms with Gasteiger partial charge in [0.2, 0.25) is 0 Å². The van der Waals surface area contributed by atoms with Crippen LogP contribution >= 0.6 is 0 Å². The van der Waals surface area contributed by atoms with Gasteiger partial charge in [-0.3, -0.25) is 4.79 Å². The van der Waals surface area contributed by atoms with Crippen LogP contribution in [0.15, 0.2) is 18.2 Å². The van der Waals surface area contributed by atoms with E-state index in [0.717, 1.165) is 31.2 Å². The molecule has 3 atom stereocenters. The quantitative estimate of drug-likeness (QED) is 0.663. The second kappa shape index (κ2) is 5.89. The third-order valence-corrected chi connectivity index (χ3v) is 5.32. The summed E-state index contributed by atoms with van der Waals surface area (Å²) >= 11 is 0. The van der Waals surface area contributed by atoms with Crippen LogP contribution in [-0.4, -0.2) is 29.1 Å². The standard InChI is InChI=1S/C17H25N3O2/c18-8-2-6-17-7-5-12(20-17)9-11(10-17)13-3-1-4-14(15(13)21)16(19)22/h1,3-4,11-12,20-21H,2,5-10,18H2,(H2,19,22)/t11?,12?,17-/m0/s1. The van der Waals surface area contributed by atoms with Gasteiger partial charge in [0.25, 0.3) is 5.91 Å². The highest BCUT2D eigenvalue weighted by molar-refractivity contribution is 5.96. The highest BCUT2D eigenvalue weighted by atomic mass is 16.3. The first kappa shape index (κ1) is 15.3. The van der Waals surface area contributed by atoms with E-state index in [-0.39, 0.29) is 22.8 Å². The Kier molecular flexibility index (Phi) is 4.10. The first-order valence-corrected chi connectivity index (χ1v) is 8.14. The Bertz CT molecular complexity index is 575. The Labute approximate surface area is 131 Å². The molecule has 22 heavy (non-hydrogen) atoms. The van der Waals surface area contributed by atoms with Crippen molar-refractivity contribution in [1.29, 1.82) is 0 Å². The van der Waals surface area contributed by atoms with Gasteiger partial charge < -0.3 is 21.9 Å². The second-order valence-electron chi connectivity index (χ2n) is 6.80. The van der Waals surface area contributed by atoms with E-state index in [1.165, 1.54) is 12.8 Å². The van der Waals surface area contributed by atoms with Crippen molar-refractivity contribution in [3.8, 4) is 5.75 Å². The number of rotatable bonds is 5. The number of carbonyl (C=O) groups is 1. The molecule has 2 fully saturated rings. The molecule has 0 saturated carbocycles. The predicted molar refractivity (Wildman–Crippen MR) is 85.8 cm³/mol. The molecular weight excluding hydrogens is 278 g/mol. The first-order chi connectivity index (χ1) is 10.5. The van der Waals surface area contributed by atoms with Gasteiger partial charge in [0.05, 0.1) is 5.56 Å². The van der Waals surface area contributed by atoms with Gasteiger partial charge in [-0.2, -0.15) is 0 Å². The van der Waals surface area contributed by atoms with Crippen LogP contribution in [-0.2, 0) is 0 Å². The molecule has 6 N–H and O–H groups in total. The van der Waals surface area contributed by atoms with E-state index in [9.17, 15) is 9.90 Å². The highest BCUT2D eigenvalue weighted by Crippen LogP contribution is 2.47. The molecule has 120 valence electrons. The van der Waals surface area contributed by atoms with E-state index < -0.39 is 5.91 Å². The molecule has 0 radical (unpaired) electrons. The number of primary amides is 1. The highest BCUT2D eigenvalue weighted by Gasteiger charge is 2.45. The van der Waals surface area contributed by atoms with Crippen LogP contribution in [0.4, 0.5) is 0 Å². The molecule has 2 aliphatic heterocycles. The number of piperidine rings is 1. The van der Waals surface area contributed by atoms with Crippen LogP contribution in [0, 0.1) is 0 Å². The molecule has 0 spiro atoms. The molecule has 1 aromatic carbocycles. The molecule has 3 rings (SSSR count). The van der Waals surface area contributed by atoms with Crippen LogP contribution in [0.2, 0.25) is 0 Å². The molecule has 2 heterocycles. The summed E-state index contributed by atoms with van der Waals surface area (Å²) < 4.78 is 0. The summed E-state index contributed by atoms with van der Waals surface area (Å²) in [4.78, 5) is 11.4. The minimum Gasteiger partial charge on any atom is -0.507 e. The average molecular weight is 303 g/mol. The van der Waals surface area contributed by atoms with Crippen molar-refractivity contribution < 1.29 is 9.90 Å². The Morgan fingerprint density at radius 3 is 3.00 bits per heavy atom. The molecule has 2 aliphatic rings. The number of amides is 1. The fraction of sp³-hybridized carbons (Fsp3) is 0.588. The molecular formula is C17H25N3O2. The summed E-state index contributed by atoms with van der Waals surface area (Å²) in [6.07, 6.45) is 6.42. The van der Waals surface area contributed by atoms with E-state index in [0.29, 0.717) is 12.6 Å². The SMILES string of the molecule is NCCC[C@]12CCC(CC(c3cccc(C(N)=O)c3O)C1)N2. The van der Waals surface area contributed by atoms with Gasteiger partial charge in [-0.15, -0.1) is 0 Å². The normalized spacial score (nSPS) is 30.4. The fourth-order valence-corrected chi connectivity index (χ4v) is 4.33. The van der Waals surface area contributed by atoms with Crippen molar-refractivity contribution >= 4 is 5.91 Å². The van der Waals surface area contributed by atoms with Crippen LogP contribution < -0.4 is 16.8 Å². The fourth-order valence-electron chi connectivity index (χ4n) is 4.33. The Balaban J connectivity index is 1.87. The minimum atomic E-state index is -0.575. The number of fused-ring (bicyclic) bond motifs is 2. The zero-order valence-electron chi connectivity index (χ0n) is 12.8. The summed E-state index contributed by atoms with van der Waals surface area (Å²) in [6, 6.07) is 5.81. The van der Waals surface area contributed by atoms with Gasteiger partial charge in [0.15, 0.2) is 0 Å². The predicted octanol–water partition coefficient (Wildman–Crippen LogP) is 1.60. The van der Waals surface area contributed by atoms with Crippen molar-refractivity contribution in [2.24, 2.45) is 11.5 Å². The molecule has 0 aliphatic carbocycles. The van der Waals surface area contributed by atoms with E-state index in [4.69, 9.17) is 11.5 Å². The number of hydrogen-bond acceptors (Lipinski definition) is 4. The number of phenols is 1. The van der Waals surface area contributed by atoms with Crippen molar-refractivity contribution in [3.05, 3.63) is 29.3 Å². The van der Waals surface area contributed by atoms with Gasteiger partial charge in [-0.05, 0) is 62.6 Å². The lowest BCUT2D eigenvalue weighted by Gasteiger charge is -2.40. The number of hydrogen-bond donors (Lipinski definition) is 4. The third kappa shape index (κ3) is 2.71. The molecule has 5 nitrogen and oxygen atoms in total. The second-order valence-corrected chi connectivity index (χ2v) is 6.80. The summed E-state index contributed by atoms with van der Waals surface area (Å²) in [7, 11) is 0. The lowest BCUT2D eigenvalue weighted by atomic mass is 9.77. The molecule has 5 heteroatoms. The molecule has 2 unspecified atom stereocenters. The van der Waals surface area contributed by atoms with Crippen molar-refractivity contribution in [1.82, 2.24) is 5.32 Å². The maximum atomic E-state index is 11.4. The maximum absolute atomic E-state index is 11.4. The van der Waals surface area contributed by atoms with Crippen molar-refractivity contribution in [2.45, 2.75) is 56.0 Å². The van der Waals surface area contributed by atoms with Crippen molar-refractivity contribution in [2.75, 3.05) is 6.54 Å². The molecule has 2 bridgehead atoms. The van der Waals surface area contributed by atoms with Gasteiger partial charge in [0, 0.05) is 11.6 Å². The van der Waals surface area contributed by atoms with Crippen LogP contribution in [0.25, 0.3) is 0 Å². The largest absolute Gasteiger partial charge is 0.507 e. The first-order valence-electron chi connectivity index (χ1n) is 8.14. The number of aromatic hydroxyl groups is 1. The number of benzene rings is 1. The average Bonchev–Trinajstić information content (AvgIpc) is 2.80. The Morgan fingerprint density at radius 1 is 1.45 bits per heavy atom. The molecule has 0 aromatic heterocycles. The van der Waals surface area contributed by atoms with Crippen LogP contribution in [0.1, 0.15) is 60.4 Å². The van der Waals surface area contributed by atoms with E-state index in [1.807, 2.05) is 12.1 Å². The topological polar surface area (TPSA) is 101 Å². The Hall–Kier alpha value is -1.59. The third-order valence-electron chi connectivity index (χ3n) is 5.32. The summed E-state index contributed by atoms with van der Waals surface area (Å²) in [6.45, 7) is 0.709. The van der Waals surface area contributed by atoms with E-state index in [2.05, 4.69) is 5.32 Å². The molecule has 1 amide bonds. The van der Waals surface area contributed by atoms with Gasteiger partial charge in [0.1, 0.15) is 5.75 Å². The number of para-hydroxylation sites is 1. The van der Waals surface area contributed by atoms with E-state index >= 15 is 0 Å². The van der Waals surface area contributed by atoms with Gasteiger partial charge >= 0.3 is 0 Å². The lowest BCUT2D eigenvalue weighted by molar-refractivity contribution is 0.0997. The molecule has 2 saturated heterocycles. The Morgan fingerprint density at radius 2 is 2.27 bits per heavy atom. The lowest BCUT2D eigenvalue weighted by Crippen LogP contribution is -2.49. The summed E-state index contributed by atoms with van der Waals surface area (Å²) in [5.41, 5.74) is 12.2. The maximum Gasteiger partial charge on any atom is 0.252 e. The smallest absolute Gasteiger partial charge is 0.252 e. The van der Waals surface area contributed by atoms with E-state index in [1.54, 1.807) is 6.07 Å². The zero-order chi connectivity index (χ0) is 15.7.